The summed E-state index contributed by atoms with van der Waals surface area (Å²) in [5.74, 6) is -1.56. The maximum Gasteiger partial charge on any atom is 0.407 e. The number of fused-ring (bicyclic) bond motifs is 3. The molecule has 0 radical (unpaired) electrons. The summed E-state index contributed by atoms with van der Waals surface area (Å²) in [6.45, 7) is 0.300. The molecular formula is C27H24N2O5. The van der Waals surface area contributed by atoms with Crippen molar-refractivity contribution in [2.24, 2.45) is 0 Å². The highest BCUT2D eigenvalue weighted by molar-refractivity contribution is 6.05. The highest BCUT2D eigenvalue weighted by Crippen LogP contribution is 2.44. The number of alkyl carbamates (subject to hydrolysis) is 1. The SMILES string of the molecule is CN(C(=O)/C=C/CNC(=O)OCC1c2ccccc2-c2ccccc21)c1ccccc1C(=O)O. The van der Waals surface area contributed by atoms with Gasteiger partial charge in [-0.3, -0.25) is 4.79 Å². The molecule has 0 aromatic heterocycles. The number of carbonyl (C=O) groups excluding carboxylic acids is 2. The number of carbonyl (C=O) groups is 3. The van der Waals surface area contributed by atoms with Gasteiger partial charge in [0.15, 0.2) is 0 Å². The number of amides is 2. The molecule has 0 unspecified atom stereocenters. The Kier molecular flexibility index (Phi) is 6.73. The van der Waals surface area contributed by atoms with Crippen LogP contribution in [0.2, 0.25) is 0 Å². The second-order valence-electron chi connectivity index (χ2n) is 7.83. The van der Waals surface area contributed by atoms with E-state index in [1.807, 2.05) is 24.3 Å². The molecule has 1 aliphatic carbocycles. The molecule has 0 fully saturated rings. The second kappa shape index (κ2) is 10.0. The van der Waals surface area contributed by atoms with Gasteiger partial charge in [-0.05, 0) is 34.4 Å². The lowest BCUT2D eigenvalue weighted by Gasteiger charge is -2.17. The molecule has 4 rings (SSSR count). The van der Waals surface area contributed by atoms with Gasteiger partial charge in [0.25, 0.3) is 0 Å². The summed E-state index contributed by atoms with van der Waals surface area (Å²) in [4.78, 5) is 37.2. The molecule has 0 saturated carbocycles. The lowest BCUT2D eigenvalue weighted by molar-refractivity contribution is -0.113. The molecule has 34 heavy (non-hydrogen) atoms. The van der Waals surface area contributed by atoms with Crippen molar-refractivity contribution in [2.75, 3.05) is 25.1 Å². The van der Waals surface area contributed by atoms with Crippen LogP contribution in [0.1, 0.15) is 27.4 Å². The van der Waals surface area contributed by atoms with Crippen LogP contribution in [0.3, 0.4) is 0 Å². The van der Waals surface area contributed by atoms with Crippen molar-refractivity contribution >= 4 is 23.7 Å². The van der Waals surface area contributed by atoms with Gasteiger partial charge in [0.05, 0.1) is 11.3 Å². The minimum absolute atomic E-state index is 0.0294. The van der Waals surface area contributed by atoms with E-state index in [9.17, 15) is 19.5 Å². The lowest BCUT2D eigenvalue weighted by Crippen LogP contribution is -2.28. The van der Waals surface area contributed by atoms with E-state index in [1.165, 1.54) is 30.2 Å². The van der Waals surface area contributed by atoms with Crippen LogP contribution in [-0.4, -0.2) is 43.3 Å². The molecule has 0 heterocycles. The maximum atomic E-state index is 12.4. The van der Waals surface area contributed by atoms with E-state index in [0.29, 0.717) is 0 Å². The number of aromatic carboxylic acids is 1. The topological polar surface area (TPSA) is 95.9 Å². The average molecular weight is 456 g/mol. The summed E-state index contributed by atoms with van der Waals surface area (Å²) in [5, 5.41) is 11.9. The van der Waals surface area contributed by atoms with Crippen molar-refractivity contribution in [1.82, 2.24) is 5.32 Å². The van der Waals surface area contributed by atoms with Crippen LogP contribution in [0.5, 0.6) is 0 Å². The van der Waals surface area contributed by atoms with Crippen molar-refractivity contribution in [1.29, 1.82) is 0 Å². The Morgan fingerprint density at radius 1 is 0.941 bits per heavy atom. The molecule has 2 amide bonds. The molecule has 0 saturated heterocycles. The second-order valence-corrected chi connectivity index (χ2v) is 7.83. The molecule has 0 bridgehead atoms. The van der Waals surface area contributed by atoms with Crippen molar-refractivity contribution in [2.45, 2.75) is 5.92 Å². The molecule has 7 heteroatoms. The van der Waals surface area contributed by atoms with Crippen LogP contribution in [-0.2, 0) is 9.53 Å². The van der Waals surface area contributed by atoms with Gasteiger partial charge in [0.1, 0.15) is 6.61 Å². The summed E-state index contributed by atoms with van der Waals surface area (Å²) in [6.07, 6.45) is 2.19. The third-order valence-corrected chi connectivity index (χ3v) is 5.79. The van der Waals surface area contributed by atoms with E-state index >= 15 is 0 Å². The van der Waals surface area contributed by atoms with E-state index in [4.69, 9.17) is 4.74 Å². The van der Waals surface area contributed by atoms with Gasteiger partial charge in [-0.15, -0.1) is 0 Å². The summed E-state index contributed by atoms with van der Waals surface area (Å²) in [7, 11) is 1.49. The molecule has 7 nitrogen and oxygen atoms in total. The Morgan fingerprint density at radius 3 is 2.18 bits per heavy atom. The number of para-hydroxylation sites is 1. The fourth-order valence-electron chi connectivity index (χ4n) is 4.13. The predicted octanol–water partition coefficient (Wildman–Crippen LogP) is 4.44. The molecule has 2 N–H and O–H groups in total. The zero-order valence-corrected chi connectivity index (χ0v) is 18.6. The van der Waals surface area contributed by atoms with Gasteiger partial charge in [-0.1, -0.05) is 66.7 Å². The minimum Gasteiger partial charge on any atom is -0.478 e. The number of nitrogens with zero attached hydrogens (tertiary/aromatic N) is 1. The first-order valence-corrected chi connectivity index (χ1v) is 10.8. The van der Waals surface area contributed by atoms with E-state index in [-0.39, 0.29) is 30.3 Å². The van der Waals surface area contributed by atoms with Crippen LogP contribution in [0.15, 0.2) is 84.9 Å². The monoisotopic (exact) mass is 456 g/mol. The van der Waals surface area contributed by atoms with Crippen molar-refractivity contribution in [3.63, 3.8) is 0 Å². The first-order chi connectivity index (χ1) is 16.5. The first-order valence-electron chi connectivity index (χ1n) is 10.8. The van der Waals surface area contributed by atoms with Crippen molar-refractivity contribution < 1.29 is 24.2 Å². The molecule has 3 aromatic carbocycles. The summed E-state index contributed by atoms with van der Waals surface area (Å²) >= 11 is 0. The lowest BCUT2D eigenvalue weighted by atomic mass is 9.98. The number of likely N-dealkylation sites (N-methyl/N-ethyl adjacent to an activating group) is 1. The number of anilines is 1. The highest BCUT2D eigenvalue weighted by Gasteiger charge is 2.28. The van der Waals surface area contributed by atoms with Crippen LogP contribution in [0, 0.1) is 0 Å². The maximum absolute atomic E-state index is 12.4. The summed E-state index contributed by atoms with van der Waals surface area (Å²) < 4.78 is 5.46. The minimum atomic E-state index is -1.11. The number of carboxylic acid groups (broad SMARTS) is 1. The Hall–Kier alpha value is -4.39. The van der Waals surface area contributed by atoms with Gasteiger partial charge in [0.2, 0.25) is 5.91 Å². The Bertz CT molecular complexity index is 1220. The fraction of sp³-hybridized carbons (Fsp3) is 0.148. The van der Waals surface area contributed by atoms with Crippen molar-refractivity contribution in [3.05, 3.63) is 102 Å². The molecule has 0 aliphatic heterocycles. The number of nitrogens with one attached hydrogen (secondary N) is 1. The Morgan fingerprint density at radius 2 is 1.53 bits per heavy atom. The standard InChI is InChI=1S/C27H24N2O5/c1-29(24-14-7-6-13-22(24)26(31)32)25(30)15-8-16-28-27(33)34-17-23-20-11-4-2-9-18(20)19-10-3-5-12-21(19)23/h2-15,23H,16-17H2,1H3,(H,28,33)(H,31,32)/b15-8+. The van der Waals surface area contributed by atoms with Gasteiger partial charge in [-0.2, -0.15) is 0 Å². The van der Waals surface area contributed by atoms with Crippen LogP contribution < -0.4 is 10.2 Å². The van der Waals surface area contributed by atoms with Crippen LogP contribution >= 0.6 is 0 Å². The Balaban J connectivity index is 1.30. The summed E-state index contributed by atoms with van der Waals surface area (Å²) in [5.41, 5.74) is 4.89. The number of benzene rings is 3. The number of hydrogen-bond acceptors (Lipinski definition) is 4. The zero-order chi connectivity index (χ0) is 24.1. The average Bonchev–Trinajstić information content (AvgIpc) is 3.18. The number of ether oxygens (including phenoxy) is 1. The van der Waals surface area contributed by atoms with E-state index < -0.39 is 18.0 Å². The zero-order valence-electron chi connectivity index (χ0n) is 18.6. The number of rotatable bonds is 7. The predicted molar refractivity (Wildman–Crippen MR) is 129 cm³/mol. The van der Waals surface area contributed by atoms with Gasteiger partial charge >= 0.3 is 12.1 Å². The van der Waals surface area contributed by atoms with Gasteiger partial charge in [0, 0.05) is 25.6 Å². The third kappa shape index (κ3) is 4.68. The smallest absolute Gasteiger partial charge is 0.407 e. The summed E-state index contributed by atoms with van der Waals surface area (Å²) in [6, 6.07) is 22.4. The number of carboxylic acids is 1. The van der Waals surface area contributed by atoms with E-state index in [2.05, 4.69) is 29.6 Å². The normalized spacial score (nSPS) is 12.1. The first kappa shape index (κ1) is 22.8. The van der Waals surface area contributed by atoms with E-state index in [0.717, 1.165) is 22.3 Å². The third-order valence-electron chi connectivity index (χ3n) is 5.79. The van der Waals surface area contributed by atoms with Crippen LogP contribution in [0.25, 0.3) is 11.1 Å². The quantitative estimate of drug-likeness (QED) is 0.513. The van der Waals surface area contributed by atoms with Gasteiger partial charge < -0.3 is 20.1 Å². The molecular weight excluding hydrogens is 432 g/mol. The van der Waals surface area contributed by atoms with E-state index in [1.54, 1.807) is 18.2 Å². The molecule has 172 valence electrons. The largest absolute Gasteiger partial charge is 0.478 e. The Labute approximate surface area is 197 Å². The van der Waals surface area contributed by atoms with Crippen molar-refractivity contribution in [3.8, 4) is 11.1 Å². The highest BCUT2D eigenvalue weighted by atomic mass is 16.5. The molecule has 1 aliphatic rings. The molecule has 0 atom stereocenters. The fourth-order valence-corrected chi connectivity index (χ4v) is 4.13. The molecule has 0 spiro atoms. The number of hydrogen-bond donors (Lipinski definition) is 2. The van der Waals surface area contributed by atoms with Gasteiger partial charge in [-0.25, -0.2) is 9.59 Å². The van der Waals surface area contributed by atoms with Crippen LogP contribution in [0.4, 0.5) is 10.5 Å². The molecule has 3 aromatic rings.